The van der Waals surface area contributed by atoms with E-state index < -0.39 is 12.0 Å². The number of rotatable bonds is 8. The van der Waals surface area contributed by atoms with Gasteiger partial charge in [-0.2, -0.15) is 0 Å². The summed E-state index contributed by atoms with van der Waals surface area (Å²) in [6, 6.07) is -0.747. The van der Waals surface area contributed by atoms with Crippen LogP contribution >= 0.6 is 0 Å². The number of hydrogen-bond acceptors (Lipinski definition) is 3. The molecule has 0 aromatic rings. The number of piperidine rings is 1. The summed E-state index contributed by atoms with van der Waals surface area (Å²) in [5.74, 6) is -0.869. The third kappa shape index (κ3) is 5.84. The minimum Gasteiger partial charge on any atom is -0.480 e. The van der Waals surface area contributed by atoms with Crippen LogP contribution in [0.5, 0.6) is 0 Å². The molecular formula is C17H30N2O4. The fourth-order valence-corrected chi connectivity index (χ4v) is 3.09. The normalized spacial score (nSPS) is 21.1. The number of hydrogen-bond donors (Lipinski definition) is 1. The van der Waals surface area contributed by atoms with Crippen LogP contribution in [0.2, 0.25) is 0 Å². The van der Waals surface area contributed by atoms with Gasteiger partial charge in [0.25, 0.3) is 0 Å². The van der Waals surface area contributed by atoms with E-state index in [9.17, 15) is 19.5 Å². The lowest BCUT2D eigenvalue weighted by Gasteiger charge is -2.36. The molecular weight excluding hydrogens is 296 g/mol. The van der Waals surface area contributed by atoms with Gasteiger partial charge in [-0.1, -0.05) is 20.8 Å². The molecule has 6 nitrogen and oxygen atoms in total. The largest absolute Gasteiger partial charge is 0.480 e. The van der Waals surface area contributed by atoms with Crippen molar-refractivity contribution < 1.29 is 19.5 Å². The zero-order valence-corrected chi connectivity index (χ0v) is 14.6. The Hall–Kier alpha value is -1.59. The Balaban J connectivity index is 2.57. The smallest absolute Gasteiger partial charge is 0.326 e. The molecule has 132 valence electrons. The summed E-state index contributed by atoms with van der Waals surface area (Å²) in [5, 5.41) is 9.31. The maximum Gasteiger partial charge on any atom is 0.326 e. The van der Waals surface area contributed by atoms with Crippen molar-refractivity contribution in [2.45, 2.75) is 65.3 Å². The summed E-state index contributed by atoms with van der Waals surface area (Å²) >= 11 is 0. The quantitative estimate of drug-likeness (QED) is 0.741. The molecule has 0 aromatic heterocycles. The van der Waals surface area contributed by atoms with Gasteiger partial charge in [0.15, 0.2) is 0 Å². The third-order valence-corrected chi connectivity index (χ3v) is 4.36. The van der Waals surface area contributed by atoms with E-state index in [0.29, 0.717) is 32.0 Å². The van der Waals surface area contributed by atoms with Gasteiger partial charge in [-0.05, 0) is 31.6 Å². The van der Waals surface area contributed by atoms with Crippen molar-refractivity contribution in [3.8, 4) is 0 Å². The number of carboxylic acids is 1. The molecule has 1 fully saturated rings. The van der Waals surface area contributed by atoms with Crippen LogP contribution in [0.1, 0.15) is 59.3 Å². The summed E-state index contributed by atoms with van der Waals surface area (Å²) in [6.45, 7) is 7.94. The van der Waals surface area contributed by atoms with Crippen molar-refractivity contribution in [2.75, 3.05) is 19.6 Å². The Morgan fingerprint density at radius 1 is 1.13 bits per heavy atom. The van der Waals surface area contributed by atoms with Gasteiger partial charge in [0.2, 0.25) is 11.8 Å². The molecule has 23 heavy (non-hydrogen) atoms. The number of nitrogens with zero attached hydrogens (tertiary/aromatic N) is 2. The van der Waals surface area contributed by atoms with E-state index in [1.165, 1.54) is 4.90 Å². The van der Waals surface area contributed by atoms with Crippen molar-refractivity contribution in [2.24, 2.45) is 5.92 Å². The van der Waals surface area contributed by atoms with Crippen molar-refractivity contribution in [3.63, 3.8) is 0 Å². The first-order valence-electron chi connectivity index (χ1n) is 8.70. The Kier molecular flexibility index (Phi) is 8.06. The molecule has 0 saturated carbocycles. The predicted octanol–water partition coefficient (Wildman–Crippen LogP) is 2.13. The molecule has 2 amide bonds. The topological polar surface area (TPSA) is 77.9 Å². The van der Waals surface area contributed by atoms with Crippen molar-refractivity contribution >= 4 is 17.8 Å². The van der Waals surface area contributed by atoms with Crippen LogP contribution in [0.4, 0.5) is 0 Å². The van der Waals surface area contributed by atoms with Crippen LogP contribution in [0.15, 0.2) is 0 Å². The lowest BCUT2D eigenvalue weighted by Crippen LogP contribution is -2.50. The molecule has 2 atom stereocenters. The number of aliphatic carboxylic acids is 1. The predicted molar refractivity (Wildman–Crippen MR) is 87.9 cm³/mol. The second-order valence-corrected chi connectivity index (χ2v) is 6.45. The first-order chi connectivity index (χ1) is 10.9. The van der Waals surface area contributed by atoms with Crippen molar-refractivity contribution in [3.05, 3.63) is 0 Å². The highest BCUT2D eigenvalue weighted by Gasteiger charge is 2.34. The van der Waals surface area contributed by atoms with Gasteiger partial charge in [-0.3, -0.25) is 9.59 Å². The maximum atomic E-state index is 12.4. The summed E-state index contributed by atoms with van der Waals surface area (Å²) < 4.78 is 0. The molecule has 1 saturated heterocycles. The Morgan fingerprint density at radius 3 is 2.26 bits per heavy atom. The van der Waals surface area contributed by atoms with Gasteiger partial charge in [0.05, 0.1) is 0 Å². The molecule has 2 unspecified atom stereocenters. The molecule has 0 radical (unpaired) electrons. The second-order valence-electron chi connectivity index (χ2n) is 6.45. The zero-order valence-electron chi connectivity index (χ0n) is 14.6. The van der Waals surface area contributed by atoms with E-state index in [4.69, 9.17) is 0 Å². The Morgan fingerprint density at radius 2 is 1.74 bits per heavy atom. The molecule has 1 aliphatic rings. The van der Waals surface area contributed by atoms with E-state index in [1.54, 1.807) is 4.90 Å². The summed E-state index contributed by atoms with van der Waals surface area (Å²) in [6.07, 6.45) is 3.36. The van der Waals surface area contributed by atoms with Crippen LogP contribution in [0, 0.1) is 5.92 Å². The van der Waals surface area contributed by atoms with Gasteiger partial charge in [0, 0.05) is 32.5 Å². The molecule has 1 N–H and O–H groups in total. The van der Waals surface area contributed by atoms with Gasteiger partial charge in [-0.15, -0.1) is 0 Å². The van der Waals surface area contributed by atoms with E-state index in [0.717, 1.165) is 19.3 Å². The van der Waals surface area contributed by atoms with Crippen LogP contribution in [0.3, 0.4) is 0 Å². The van der Waals surface area contributed by atoms with E-state index >= 15 is 0 Å². The molecule has 1 rings (SSSR count). The molecule has 6 heteroatoms. The van der Waals surface area contributed by atoms with E-state index in [2.05, 4.69) is 0 Å². The number of carboxylic acid groups (broad SMARTS) is 1. The number of carbonyl (C=O) groups is 3. The lowest BCUT2D eigenvalue weighted by atomic mass is 9.92. The van der Waals surface area contributed by atoms with Gasteiger partial charge in [-0.25, -0.2) is 4.79 Å². The van der Waals surface area contributed by atoms with Crippen molar-refractivity contribution in [1.82, 2.24) is 9.80 Å². The second kappa shape index (κ2) is 9.53. The van der Waals surface area contributed by atoms with Crippen LogP contribution in [-0.4, -0.2) is 58.4 Å². The fourth-order valence-electron chi connectivity index (χ4n) is 3.09. The van der Waals surface area contributed by atoms with Gasteiger partial charge in [0.1, 0.15) is 6.04 Å². The van der Waals surface area contributed by atoms with E-state index in [1.807, 2.05) is 20.8 Å². The van der Waals surface area contributed by atoms with Gasteiger partial charge < -0.3 is 14.9 Å². The van der Waals surface area contributed by atoms with E-state index in [-0.39, 0.29) is 24.7 Å². The molecule has 0 aromatic carbocycles. The average Bonchev–Trinajstić information content (AvgIpc) is 2.51. The molecule has 0 bridgehead atoms. The lowest BCUT2D eigenvalue weighted by molar-refractivity contribution is -0.153. The molecule has 1 aliphatic heterocycles. The zero-order chi connectivity index (χ0) is 17.4. The standard InChI is InChI=1S/C17H30N2O4/c1-4-9-18(10-5-2)15(20)6-7-16(21)19-11-8-13(3)12-14(19)17(22)23/h13-14H,4-12H2,1-3H3,(H,22,23). The fraction of sp³-hybridized carbons (Fsp3) is 0.824. The highest BCUT2D eigenvalue weighted by Crippen LogP contribution is 2.23. The van der Waals surface area contributed by atoms with Crippen LogP contribution in [-0.2, 0) is 14.4 Å². The monoisotopic (exact) mass is 326 g/mol. The highest BCUT2D eigenvalue weighted by atomic mass is 16.4. The first-order valence-corrected chi connectivity index (χ1v) is 8.70. The summed E-state index contributed by atoms with van der Waals surface area (Å²) in [5.41, 5.74) is 0. The highest BCUT2D eigenvalue weighted by molar-refractivity contribution is 5.87. The average molecular weight is 326 g/mol. The van der Waals surface area contributed by atoms with Gasteiger partial charge >= 0.3 is 5.97 Å². The molecule has 0 spiro atoms. The van der Waals surface area contributed by atoms with Crippen molar-refractivity contribution in [1.29, 1.82) is 0 Å². The number of amides is 2. The number of likely N-dealkylation sites (tertiary alicyclic amines) is 1. The summed E-state index contributed by atoms with van der Waals surface area (Å²) in [4.78, 5) is 39.2. The summed E-state index contributed by atoms with van der Waals surface area (Å²) in [7, 11) is 0. The minimum absolute atomic E-state index is 0.0145. The minimum atomic E-state index is -0.949. The Labute approximate surface area is 138 Å². The third-order valence-electron chi connectivity index (χ3n) is 4.36. The molecule has 0 aliphatic carbocycles. The Bertz CT molecular complexity index is 419. The molecule has 1 heterocycles. The first kappa shape index (κ1) is 19.5. The maximum absolute atomic E-state index is 12.4. The SMILES string of the molecule is CCCN(CCC)C(=O)CCC(=O)N1CCC(C)CC1C(=O)O. The number of carbonyl (C=O) groups excluding carboxylic acids is 2. The van der Waals surface area contributed by atoms with Crippen LogP contribution < -0.4 is 0 Å². The van der Waals surface area contributed by atoms with Crippen LogP contribution in [0.25, 0.3) is 0 Å².